The fourth-order valence-electron chi connectivity index (χ4n) is 3.07. The Labute approximate surface area is 150 Å². The van der Waals surface area contributed by atoms with Gasteiger partial charge in [0, 0.05) is 5.56 Å². The number of hydrogen-bond acceptors (Lipinski definition) is 6. The molecule has 0 unspecified atom stereocenters. The van der Waals surface area contributed by atoms with Gasteiger partial charge in [0.1, 0.15) is 18.1 Å². The number of phenols is 1. The second-order valence-corrected chi connectivity index (χ2v) is 5.81. The zero-order valence-corrected chi connectivity index (χ0v) is 14.4. The molecular weight excluding hydrogens is 332 g/mol. The Balaban J connectivity index is 1.83. The highest BCUT2D eigenvalue weighted by molar-refractivity contribution is 5.80. The van der Waals surface area contributed by atoms with E-state index in [0.717, 1.165) is 11.3 Å². The van der Waals surface area contributed by atoms with Crippen molar-refractivity contribution >= 4 is 11.6 Å². The standard InChI is InChI=1S/C19H18N4O3/c1-25-17-8-7-12(9-18(17)26-2)15-10-14(13-5-3-4-6-16(13)24)22-19-20-11-21-23(15)19/h3-11,15,24H,1-2H3,(H,20,21,22)/t15-/m0/s1. The number of anilines is 1. The summed E-state index contributed by atoms with van der Waals surface area (Å²) in [5, 5.41) is 17.8. The zero-order chi connectivity index (χ0) is 18.1. The number of allylic oxidation sites excluding steroid dienone is 1. The van der Waals surface area contributed by atoms with Crippen LogP contribution in [0.1, 0.15) is 17.2 Å². The van der Waals surface area contributed by atoms with Gasteiger partial charge in [-0.3, -0.25) is 0 Å². The Morgan fingerprint density at radius 1 is 1.08 bits per heavy atom. The van der Waals surface area contributed by atoms with Crippen LogP contribution in [0.3, 0.4) is 0 Å². The third-order valence-corrected chi connectivity index (χ3v) is 4.35. The molecule has 4 rings (SSSR count). The number of ether oxygens (including phenoxy) is 2. The van der Waals surface area contributed by atoms with Gasteiger partial charge in [-0.1, -0.05) is 18.2 Å². The molecule has 1 atom stereocenters. The molecule has 26 heavy (non-hydrogen) atoms. The number of aromatic nitrogens is 3. The van der Waals surface area contributed by atoms with Gasteiger partial charge in [-0.2, -0.15) is 10.1 Å². The molecule has 132 valence electrons. The van der Waals surface area contributed by atoms with E-state index in [2.05, 4.69) is 15.4 Å². The van der Waals surface area contributed by atoms with Gasteiger partial charge in [-0.25, -0.2) is 4.68 Å². The van der Waals surface area contributed by atoms with E-state index in [1.165, 1.54) is 6.33 Å². The number of para-hydroxylation sites is 1. The van der Waals surface area contributed by atoms with Crippen molar-refractivity contribution < 1.29 is 14.6 Å². The molecule has 0 saturated heterocycles. The third-order valence-electron chi connectivity index (χ3n) is 4.35. The van der Waals surface area contributed by atoms with Crippen molar-refractivity contribution in [2.45, 2.75) is 6.04 Å². The highest BCUT2D eigenvalue weighted by Crippen LogP contribution is 2.37. The maximum Gasteiger partial charge on any atom is 0.226 e. The predicted octanol–water partition coefficient (Wildman–Crippen LogP) is 3.06. The van der Waals surface area contributed by atoms with E-state index in [1.807, 2.05) is 36.4 Å². The van der Waals surface area contributed by atoms with Crippen LogP contribution >= 0.6 is 0 Å². The SMILES string of the molecule is COc1ccc([C@@H]2C=C(c3ccccc3O)Nc3ncnn32)cc1OC. The van der Waals surface area contributed by atoms with E-state index in [4.69, 9.17) is 9.47 Å². The number of nitrogens with zero attached hydrogens (tertiary/aromatic N) is 3. The van der Waals surface area contributed by atoms with Crippen LogP contribution in [0.2, 0.25) is 0 Å². The summed E-state index contributed by atoms with van der Waals surface area (Å²) in [6, 6.07) is 12.7. The fraction of sp³-hybridized carbons (Fsp3) is 0.158. The number of fused-ring (bicyclic) bond motifs is 1. The molecule has 7 nitrogen and oxygen atoms in total. The summed E-state index contributed by atoms with van der Waals surface area (Å²) in [5.41, 5.74) is 2.43. The van der Waals surface area contributed by atoms with E-state index in [9.17, 15) is 5.11 Å². The van der Waals surface area contributed by atoms with Gasteiger partial charge in [-0.15, -0.1) is 0 Å². The summed E-state index contributed by atoms with van der Waals surface area (Å²) >= 11 is 0. The van der Waals surface area contributed by atoms with Gasteiger partial charge in [0.25, 0.3) is 0 Å². The first-order valence-electron chi connectivity index (χ1n) is 8.10. The van der Waals surface area contributed by atoms with Crippen LogP contribution in [0.25, 0.3) is 5.70 Å². The van der Waals surface area contributed by atoms with Crippen LogP contribution in [0.15, 0.2) is 54.9 Å². The lowest BCUT2D eigenvalue weighted by molar-refractivity contribution is 0.354. The molecule has 2 N–H and O–H groups in total. The molecule has 3 aromatic rings. The van der Waals surface area contributed by atoms with E-state index < -0.39 is 0 Å². The molecule has 0 radical (unpaired) electrons. The molecule has 0 amide bonds. The number of benzene rings is 2. The number of aromatic hydroxyl groups is 1. The molecule has 0 saturated carbocycles. The zero-order valence-electron chi connectivity index (χ0n) is 14.4. The molecule has 7 heteroatoms. The van der Waals surface area contributed by atoms with Gasteiger partial charge in [0.15, 0.2) is 11.5 Å². The average Bonchev–Trinajstić information content (AvgIpc) is 3.15. The van der Waals surface area contributed by atoms with Crippen molar-refractivity contribution in [3.8, 4) is 17.2 Å². The normalized spacial score (nSPS) is 15.6. The summed E-state index contributed by atoms with van der Waals surface area (Å²) in [6.07, 6.45) is 3.50. The van der Waals surface area contributed by atoms with Crippen molar-refractivity contribution in [3.63, 3.8) is 0 Å². The summed E-state index contributed by atoms with van der Waals surface area (Å²) in [4.78, 5) is 4.28. The van der Waals surface area contributed by atoms with E-state index in [-0.39, 0.29) is 11.8 Å². The fourth-order valence-corrected chi connectivity index (χ4v) is 3.07. The third kappa shape index (κ3) is 2.63. The van der Waals surface area contributed by atoms with Gasteiger partial charge in [0.2, 0.25) is 5.95 Å². The minimum absolute atomic E-state index is 0.199. The minimum atomic E-state index is -0.205. The van der Waals surface area contributed by atoms with E-state index in [1.54, 1.807) is 31.0 Å². The predicted molar refractivity (Wildman–Crippen MR) is 97.4 cm³/mol. The summed E-state index contributed by atoms with van der Waals surface area (Å²) in [7, 11) is 3.21. The average molecular weight is 350 g/mol. The lowest BCUT2D eigenvalue weighted by Crippen LogP contribution is -2.20. The van der Waals surface area contributed by atoms with Crippen LogP contribution in [0.5, 0.6) is 17.2 Å². The lowest BCUT2D eigenvalue weighted by Gasteiger charge is -2.25. The molecule has 0 bridgehead atoms. The molecular formula is C19H18N4O3. The maximum atomic E-state index is 10.2. The highest BCUT2D eigenvalue weighted by Gasteiger charge is 2.25. The van der Waals surface area contributed by atoms with Gasteiger partial charge in [-0.05, 0) is 35.9 Å². The first-order valence-corrected chi connectivity index (χ1v) is 8.10. The molecule has 1 aliphatic heterocycles. The van der Waals surface area contributed by atoms with Gasteiger partial charge in [0.05, 0.1) is 19.9 Å². The smallest absolute Gasteiger partial charge is 0.226 e. The van der Waals surface area contributed by atoms with E-state index >= 15 is 0 Å². The number of rotatable bonds is 4. The highest BCUT2D eigenvalue weighted by atomic mass is 16.5. The Bertz CT molecular complexity index is 980. The van der Waals surface area contributed by atoms with Gasteiger partial charge < -0.3 is 19.9 Å². The second kappa shape index (κ2) is 6.44. The maximum absolute atomic E-state index is 10.2. The number of phenolic OH excluding ortho intramolecular Hbond substituents is 1. The van der Waals surface area contributed by atoms with Crippen LogP contribution in [0.4, 0.5) is 5.95 Å². The Morgan fingerprint density at radius 2 is 1.88 bits per heavy atom. The van der Waals surface area contributed by atoms with Crippen LogP contribution in [-0.2, 0) is 0 Å². The number of nitrogens with one attached hydrogen (secondary N) is 1. The van der Waals surface area contributed by atoms with Crippen molar-refractivity contribution in [1.82, 2.24) is 14.8 Å². The molecule has 0 spiro atoms. The van der Waals surface area contributed by atoms with Crippen molar-refractivity contribution in [2.75, 3.05) is 19.5 Å². The molecule has 2 heterocycles. The van der Waals surface area contributed by atoms with Crippen LogP contribution < -0.4 is 14.8 Å². The van der Waals surface area contributed by atoms with Crippen molar-refractivity contribution in [1.29, 1.82) is 0 Å². The van der Waals surface area contributed by atoms with Crippen LogP contribution in [-0.4, -0.2) is 34.1 Å². The van der Waals surface area contributed by atoms with Gasteiger partial charge >= 0.3 is 0 Å². The molecule has 1 aliphatic rings. The molecule has 2 aromatic carbocycles. The Hall–Kier alpha value is -3.48. The Kier molecular flexibility index (Phi) is 3.96. The van der Waals surface area contributed by atoms with Crippen molar-refractivity contribution in [3.05, 3.63) is 66.0 Å². The molecule has 0 aliphatic carbocycles. The monoisotopic (exact) mass is 350 g/mol. The Morgan fingerprint density at radius 3 is 2.65 bits per heavy atom. The minimum Gasteiger partial charge on any atom is -0.507 e. The largest absolute Gasteiger partial charge is 0.507 e. The number of methoxy groups -OCH3 is 2. The van der Waals surface area contributed by atoms with Crippen LogP contribution in [0, 0.1) is 0 Å². The quantitative estimate of drug-likeness (QED) is 0.753. The second-order valence-electron chi connectivity index (χ2n) is 5.81. The summed E-state index contributed by atoms with van der Waals surface area (Å²) < 4.78 is 12.5. The first-order chi connectivity index (χ1) is 12.7. The summed E-state index contributed by atoms with van der Waals surface area (Å²) in [5.74, 6) is 2.10. The van der Waals surface area contributed by atoms with E-state index in [0.29, 0.717) is 23.0 Å². The first kappa shape index (κ1) is 16.0. The topological polar surface area (TPSA) is 81.4 Å². The molecule has 0 fully saturated rings. The van der Waals surface area contributed by atoms with Crippen molar-refractivity contribution in [2.24, 2.45) is 0 Å². The molecule has 1 aromatic heterocycles. The summed E-state index contributed by atoms with van der Waals surface area (Å²) in [6.45, 7) is 0. The lowest BCUT2D eigenvalue weighted by atomic mass is 10.0. The number of hydrogen-bond donors (Lipinski definition) is 2.